The number of fused-ring (bicyclic) bond motifs is 1. The Morgan fingerprint density at radius 2 is 1.93 bits per heavy atom. The van der Waals surface area contributed by atoms with E-state index in [1.807, 2.05) is 30.5 Å². The summed E-state index contributed by atoms with van der Waals surface area (Å²) in [4.78, 5) is 7.67. The first kappa shape index (κ1) is 17.5. The van der Waals surface area contributed by atoms with Crippen LogP contribution in [0.3, 0.4) is 0 Å². The summed E-state index contributed by atoms with van der Waals surface area (Å²) in [6, 6.07) is 16.4. The Morgan fingerprint density at radius 1 is 1.11 bits per heavy atom. The van der Waals surface area contributed by atoms with Crippen molar-refractivity contribution in [2.24, 2.45) is 5.10 Å². The molecule has 0 saturated heterocycles. The van der Waals surface area contributed by atoms with Gasteiger partial charge in [-0.05, 0) is 56.7 Å². The molecule has 136 valence electrons. The number of hydrogen-bond acceptors (Lipinski definition) is 3. The first-order chi connectivity index (χ1) is 13.0. The zero-order chi connectivity index (χ0) is 19.0. The second-order valence-corrected chi connectivity index (χ2v) is 7.42. The van der Waals surface area contributed by atoms with Crippen LogP contribution in [0.5, 0.6) is 0 Å². The minimum absolute atomic E-state index is 0.628. The Balaban J connectivity index is 1.59. The summed E-state index contributed by atoms with van der Waals surface area (Å²) >= 11 is 3.62. The number of nitrogens with zero attached hydrogens (tertiary/aromatic N) is 3. The standard InChI is InChI=1S/C21H20BrN5/c1-13-8-9-17(11-18(13)22)27-14(2)10-16(15(27)3)12-23-26-21-24-19-6-4-5-7-20(19)25-21/h4-12H,1-3H3,(H2,24,25,26)/b23-12-. The third-order valence-corrected chi connectivity index (χ3v) is 5.50. The molecule has 0 unspecified atom stereocenters. The van der Waals surface area contributed by atoms with E-state index >= 15 is 0 Å². The van der Waals surface area contributed by atoms with Crippen LogP contribution in [0.2, 0.25) is 0 Å². The van der Waals surface area contributed by atoms with Crippen molar-refractivity contribution >= 4 is 39.1 Å². The maximum Gasteiger partial charge on any atom is 0.222 e. The van der Waals surface area contributed by atoms with Crippen LogP contribution in [0.25, 0.3) is 16.7 Å². The third kappa shape index (κ3) is 3.40. The van der Waals surface area contributed by atoms with E-state index in [4.69, 9.17) is 0 Å². The minimum atomic E-state index is 0.628. The SMILES string of the molecule is Cc1ccc(-n2c(C)cc(/C=N\Nc3nc4ccccc4[nH]3)c2C)cc1Br. The van der Waals surface area contributed by atoms with E-state index < -0.39 is 0 Å². The van der Waals surface area contributed by atoms with E-state index in [9.17, 15) is 0 Å². The number of hydrogen-bond donors (Lipinski definition) is 2. The number of aryl methyl sites for hydroxylation is 2. The fourth-order valence-electron chi connectivity index (χ4n) is 3.21. The summed E-state index contributed by atoms with van der Waals surface area (Å²) in [6.07, 6.45) is 1.83. The highest BCUT2D eigenvalue weighted by Gasteiger charge is 2.10. The fraction of sp³-hybridized carbons (Fsp3) is 0.143. The third-order valence-electron chi connectivity index (χ3n) is 4.65. The predicted octanol–water partition coefficient (Wildman–Crippen LogP) is 5.49. The maximum absolute atomic E-state index is 4.46. The molecule has 6 heteroatoms. The lowest BCUT2D eigenvalue weighted by molar-refractivity contribution is 0.962. The summed E-state index contributed by atoms with van der Waals surface area (Å²) < 4.78 is 3.33. The molecule has 0 fully saturated rings. The van der Waals surface area contributed by atoms with Gasteiger partial charge in [-0.25, -0.2) is 10.4 Å². The lowest BCUT2D eigenvalue weighted by atomic mass is 10.2. The van der Waals surface area contributed by atoms with Gasteiger partial charge >= 0.3 is 0 Å². The van der Waals surface area contributed by atoms with Gasteiger partial charge in [-0.2, -0.15) is 5.10 Å². The molecule has 0 saturated carbocycles. The Kier molecular flexibility index (Phi) is 4.58. The molecule has 0 bridgehead atoms. The highest BCUT2D eigenvalue weighted by molar-refractivity contribution is 9.10. The molecular weight excluding hydrogens is 402 g/mol. The zero-order valence-electron chi connectivity index (χ0n) is 15.4. The molecule has 5 nitrogen and oxygen atoms in total. The van der Waals surface area contributed by atoms with Crippen LogP contribution in [0.1, 0.15) is 22.5 Å². The monoisotopic (exact) mass is 421 g/mol. The number of halogens is 1. The number of benzene rings is 2. The van der Waals surface area contributed by atoms with Crippen molar-refractivity contribution in [3.63, 3.8) is 0 Å². The lowest BCUT2D eigenvalue weighted by Gasteiger charge is -2.11. The van der Waals surface area contributed by atoms with Crippen LogP contribution >= 0.6 is 15.9 Å². The number of anilines is 1. The smallest absolute Gasteiger partial charge is 0.222 e. The van der Waals surface area contributed by atoms with Gasteiger partial charge in [0, 0.05) is 27.1 Å². The molecule has 0 aliphatic carbocycles. The number of hydrazone groups is 1. The van der Waals surface area contributed by atoms with Crippen LogP contribution in [0.4, 0.5) is 5.95 Å². The molecule has 0 aliphatic heterocycles. The van der Waals surface area contributed by atoms with Gasteiger partial charge in [0.1, 0.15) is 0 Å². The van der Waals surface area contributed by atoms with Gasteiger partial charge in [0.05, 0.1) is 17.2 Å². The molecule has 0 spiro atoms. The van der Waals surface area contributed by atoms with Gasteiger partial charge in [-0.1, -0.05) is 34.1 Å². The van der Waals surface area contributed by atoms with Crippen LogP contribution in [-0.4, -0.2) is 20.7 Å². The Labute approximate surface area is 166 Å². The quantitative estimate of drug-likeness (QED) is 0.338. The van der Waals surface area contributed by atoms with Crippen LogP contribution < -0.4 is 5.43 Å². The van der Waals surface area contributed by atoms with Gasteiger partial charge in [0.2, 0.25) is 5.95 Å². The molecule has 2 aromatic heterocycles. The Hall–Kier alpha value is -2.86. The number of H-pyrrole nitrogens is 1. The summed E-state index contributed by atoms with van der Waals surface area (Å²) in [5.74, 6) is 0.628. The normalized spacial score (nSPS) is 11.6. The van der Waals surface area contributed by atoms with Crippen LogP contribution in [-0.2, 0) is 0 Å². The van der Waals surface area contributed by atoms with E-state index in [1.54, 1.807) is 0 Å². The van der Waals surface area contributed by atoms with E-state index in [1.165, 1.54) is 5.56 Å². The number of para-hydroxylation sites is 2. The largest absolute Gasteiger partial charge is 0.323 e. The minimum Gasteiger partial charge on any atom is -0.323 e. The van der Waals surface area contributed by atoms with E-state index in [0.29, 0.717) is 5.95 Å². The summed E-state index contributed by atoms with van der Waals surface area (Å²) in [6.45, 7) is 6.29. The first-order valence-corrected chi connectivity index (χ1v) is 9.51. The predicted molar refractivity (Wildman–Crippen MR) is 115 cm³/mol. The molecule has 2 N–H and O–H groups in total. The summed E-state index contributed by atoms with van der Waals surface area (Å²) in [5, 5.41) is 4.36. The first-order valence-electron chi connectivity index (χ1n) is 8.72. The fourth-order valence-corrected chi connectivity index (χ4v) is 3.57. The number of imidazole rings is 1. The van der Waals surface area contributed by atoms with E-state index in [-0.39, 0.29) is 0 Å². The van der Waals surface area contributed by atoms with Gasteiger partial charge in [-0.15, -0.1) is 0 Å². The molecule has 0 atom stereocenters. The number of aromatic nitrogens is 3. The molecule has 0 aliphatic rings. The van der Waals surface area contributed by atoms with Crippen molar-refractivity contribution in [3.8, 4) is 5.69 Å². The number of rotatable bonds is 4. The highest BCUT2D eigenvalue weighted by atomic mass is 79.9. The second kappa shape index (κ2) is 7.04. The molecule has 27 heavy (non-hydrogen) atoms. The average Bonchev–Trinajstić information content (AvgIpc) is 3.18. The topological polar surface area (TPSA) is 58.0 Å². The average molecular weight is 422 g/mol. The van der Waals surface area contributed by atoms with Gasteiger partial charge in [0.25, 0.3) is 0 Å². The van der Waals surface area contributed by atoms with Crippen molar-refractivity contribution in [2.75, 3.05) is 5.43 Å². The van der Waals surface area contributed by atoms with Crippen LogP contribution in [0, 0.1) is 20.8 Å². The molecule has 4 rings (SSSR count). The number of aromatic amines is 1. The molecule has 2 aromatic carbocycles. The molecule has 4 aromatic rings. The highest BCUT2D eigenvalue weighted by Crippen LogP contribution is 2.24. The van der Waals surface area contributed by atoms with Gasteiger partial charge in [0.15, 0.2) is 0 Å². The summed E-state index contributed by atoms with van der Waals surface area (Å²) in [5.41, 5.74) is 10.6. The van der Waals surface area contributed by atoms with Crippen molar-refractivity contribution in [3.05, 3.63) is 75.5 Å². The maximum atomic E-state index is 4.46. The second-order valence-electron chi connectivity index (χ2n) is 6.57. The Bertz CT molecular complexity index is 1120. The molecule has 2 heterocycles. The molecule has 0 radical (unpaired) electrons. The number of nitrogens with one attached hydrogen (secondary N) is 2. The van der Waals surface area contributed by atoms with Gasteiger partial charge < -0.3 is 9.55 Å². The van der Waals surface area contributed by atoms with Crippen molar-refractivity contribution in [1.82, 2.24) is 14.5 Å². The van der Waals surface area contributed by atoms with E-state index in [0.717, 1.165) is 38.1 Å². The van der Waals surface area contributed by atoms with Crippen molar-refractivity contribution in [1.29, 1.82) is 0 Å². The Morgan fingerprint density at radius 3 is 2.70 bits per heavy atom. The lowest BCUT2D eigenvalue weighted by Crippen LogP contribution is -2.00. The van der Waals surface area contributed by atoms with Crippen molar-refractivity contribution in [2.45, 2.75) is 20.8 Å². The molecular formula is C21H20BrN5. The van der Waals surface area contributed by atoms with E-state index in [2.05, 4.69) is 86.0 Å². The zero-order valence-corrected chi connectivity index (χ0v) is 17.0. The van der Waals surface area contributed by atoms with Gasteiger partial charge in [-0.3, -0.25) is 0 Å². The van der Waals surface area contributed by atoms with Crippen molar-refractivity contribution < 1.29 is 0 Å². The molecule has 0 amide bonds. The van der Waals surface area contributed by atoms with Crippen LogP contribution in [0.15, 0.2) is 58.1 Å². The summed E-state index contributed by atoms with van der Waals surface area (Å²) in [7, 11) is 0.